The van der Waals surface area contributed by atoms with Crippen LogP contribution in [0.15, 0.2) is 42.7 Å². The van der Waals surface area contributed by atoms with Gasteiger partial charge in [0.2, 0.25) is 0 Å². The Morgan fingerprint density at radius 1 is 1.36 bits per heavy atom. The number of anilines is 1. The second-order valence-corrected chi connectivity index (χ2v) is 5.32. The number of aromatic carboxylic acids is 1. The third-order valence-corrected chi connectivity index (χ3v) is 3.70. The fourth-order valence-corrected chi connectivity index (χ4v) is 2.75. The third-order valence-electron chi connectivity index (χ3n) is 3.70. The van der Waals surface area contributed by atoms with E-state index in [4.69, 9.17) is 0 Å². The second-order valence-electron chi connectivity index (χ2n) is 5.32. The van der Waals surface area contributed by atoms with Gasteiger partial charge in [-0.25, -0.2) is 4.79 Å². The average molecular weight is 295 g/mol. The number of hydrogen-bond acceptors (Lipinski definition) is 3. The van der Waals surface area contributed by atoms with Gasteiger partial charge in [-0.05, 0) is 36.8 Å². The van der Waals surface area contributed by atoms with Crippen LogP contribution in [0.4, 0.5) is 5.69 Å². The molecule has 0 bridgehead atoms. The van der Waals surface area contributed by atoms with Crippen LogP contribution in [-0.2, 0) is 13.6 Å². The zero-order valence-electron chi connectivity index (χ0n) is 12.5. The lowest BCUT2D eigenvalue weighted by atomic mass is 10.1. The van der Waals surface area contributed by atoms with Gasteiger partial charge in [0.15, 0.2) is 0 Å². The van der Waals surface area contributed by atoms with Crippen molar-refractivity contribution in [2.45, 2.75) is 13.5 Å². The van der Waals surface area contributed by atoms with E-state index < -0.39 is 5.97 Å². The number of aryl methyl sites for hydroxylation is 2. The Kier molecular flexibility index (Phi) is 3.55. The van der Waals surface area contributed by atoms with Gasteiger partial charge in [0.25, 0.3) is 0 Å². The summed E-state index contributed by atoms with van der Waals surface area (Å²) in [6, 6.07) is 9.68. The molecule has 0 amide bonds. The van der Waals surface area contributed by atoms with Crippen molar-refractivity contribution in [3.63, 3.8) is 0 Å². The van der Waals surface area contributed by atoms with Crippen LogP contribution < -0.4 is 5.32 Å². The van der Waals surface area contributed by atoms with Gasteiger partial charge >= 0.3 is 5.97 Å². The van der Waals surface area contributed by atoms with E-state index in [1.54, 1.807) is 12.4 Å². The fraction of sp³-hybridized carbons (Fsp3) is 0.176. The number of carboxylic acid groups (broad SMARTS) is 1. The molecule has 0 aliphatic heterocycles. The van der Waals surface area contributed by atoms with Gasteiger partial charge < -0.3 is 15.0 Å². The molecule has 0 radical (unpaired) electrons. The van der Waals surface area contributed by atoms with Gasteiger partial charge in [-0.3, -0.25) is 4.98 Å². The van der Waals surface area contributed by atoms with Gasteiger partial charge in [-0.1, -0.05) is 6.07 Å². The molecule has 0 unspecified atom stereocenters. The predicted octanol–water partition coefficient (Wildman–Crippen LogP) is 3.19. The third kappa shape index (κ3) is 2.53. The number of fused-ring (bicyclic) bond motifs is 1. The lowest BCUT2D eigenvalue weighted by molar-refractivity contribution is 0.0699. The number of benzene rings is 1. The topological polar surface area (TPSA) is 67.2 Å². The predicted molar refractivity (Wildman–Crippen MR) is 86.2 cm³/mol. The number of rotatable bonds is 4. The van der Waals surface area contributed by atoms with E-state index in [0.717, 1.165) is 27.8 Å². The first kappa shape index (κ1) is 14.1. The molecule has 112 valence electrons. The number of carboxylic acids is 1. The molecule has 0 atom stereocenters. The molecule has 5 heteroatoms. The van der Waals surface area contributed by atoms with Crippen molar-refractivity contribution >= 4 is 22.6 Å². The van der Waals surface area contributed by atoms with Crippen molar-refractivity contribution in [3.8, 4) is 0 Å². The molecule has 3 rings (SSSR count). The summed E-state index contributed by atoms with van der Waals surface area (Å²) in [5.41, 5.74) is 4.13. The van der Waals surface area contributed by atoms with Crippen LogP contribution in [0.3, 0.4) is 0 Å². The smallest absolute Gasteiger partial charge is 0.337 e. The maximum Gasteiger partial charge on any atom is 0.337 e. The minimum absolute atomic E-state index is 0.321. The van der Waals surface area contributed by atoms with Gasteiger partial charge in [0.05, 0.1) is 23.3 Å². The molecule has 5 nitrogen and oxygen atoms in total. The van der Waals surface area contributed by atoms with E-state index in [1.807, 2.05) is 48.9 Å². The summed E-state index contributed by atoms with van der Waals surface area (Å²) in [6.45, 7) is 2.58. The van der Waals surface area contributed by atoms with Crippen LogP contribution in [0, 0.1) is 6.92 Å². The Morgan fingerprint density at radius 3 is 2.86 bits per heavy atom. The lowest BCUT2D eigenvalue weighted by Gasteiger charge is -2.09. The summed E-state index contributed by atoms with van der Waals surface area (Å²) in [6.07, 6.45) is 3.41. The maximum absolute atomic E-state index is 11.4. The molecule has 0 aliphatic rings. The van der Waals surface area contributed by atoms with Crippen LogP contribution in [0.25, 0.3) is 10.9 Å². The van der Waals surface area contributed by atoms with Gasteiger partial charge in [0, 0.05) is 30.5 Å². The highest BCUT2D eigenvalue weighted by atomic mass is 16.4. The van der Waals surface area contributed by atoms with E-state index in [-0.39, 0.29) is 0 Å². The zero-order chi connectivity index (χ0) is 15.7. The lowest BCUT2D eigenvalue weighted by Crippen LogP contribution is -2.02. The summed E-state index contributed by atoms with van der Waals surface area (Å²) < 4.78 is 1.86. The van der Waals surface area contributed by atoms with Crippen LogP contribution in [0.1, 0.15) is 21.6 Å². The van der Waals surface area contributed by atoms with Crippen LogP contribution in [0.2, 0.25) is 0 Å². The SMILES string of the molecule is Cc1cc(NCc2ccccn2)cc2c(C(=O)O)cn(C)c12. The Hall–Kier alpha value is -2.82. The molecule has 0 aliphatic carbocycles. The molecule has 2 heterocycles. The Balaban J connectivity index is 1.97. The van der Waals surface area contributed by atoms with Crippen molar-refractivity contribution in [2.24, 2.45) is 7.05 Å². The van der Waals surface area contributed by atoms with Crippen molar-refractivity contribution in [2.75, 3.05) is 5.32 Å². The van der Waals surface area contributed by atoms with E-state index in [9.17, 15) is 9.90 Å². The highest BCUT2D eigenvalue weighted by molar-refractivity contribution is 6.05. The fourth-order valence-electron chi connectivity index (χ4n) is 2.75. The molecule has 2 N–H and O–H groups in total. The van der Waals surface area contributed by atoms with Crippen molar-refractivity contribution in [1.29, 1.82) is 0 Å². The van der Waals surface area contributed by atoms with Gasteiger partial charge in [-0.15, -0.1) is 0 Å². The van der Waals surface area contributed by atoms with Crippen molar-refractivity contribution < 1.29 is 9.90 Å². The van der Waals surface area contributed by atoms with Crippen LogP contribution in [-0.4, -0.2) is 20.6 Å². The normalized spacial score (nSPS) is 10.8. The number of hydrogen-bond donors (Lipinski definition) is 2. The number of pyridine rings is 1. The second kappa shape index (κ2) is 5.52. The molecule has 0 spiro atoms. The average Bonchev–Trinajstić information content (AvgIpc) is 2.84. The monoisotopic (exact) mass is 295 g/mol. The van der Waals surface area contributed by atoms with Crippen LogP contribution >= 0.6 is 0 Å². The first-order valence-electron chi connectivity index (χ1n) is 7.03. The number of nitrogens with one attached hydrogen (secondary N) is 1. The summed E-state index contributed by atoms with van der Waals surface area (Å²) in [7, 11) is 1.86. The first-order valence-corrected chi connectivity index (χ1v) is 7.03. The standard InChI is InChI=1S/C17H17N3O2/c1-11-7-13(19-9-12-5-3-4-6-18-12)8-14-15(17(21)22)10-20(2)16(11)14/h3-8,10,19H,9H2,1-2H3,(H,21,22). The van der Waals surface area contributed by atoms with E-state index >= 15 is 0 Å². The van der Waals surface area contributed by atoms with Crippen LogP contribution in [0.5, 0.6) is 0 Å². The molecule has 3 aromatic rings. The minimum Gasteiger partial charge on any atom is -0.478 e. The number of nitrogens with zero attached hydrogens (tertiary/aromatic N) is 2. The van der Waals surface area contributed by atoms with E-state index in [2.05, 4.69) is 10.3 Å². The van der Waals surface area contributed by atoms with Crippen molar-refractivity contribution in [3.05, 3.63) is 59.5 Å². The van der Waals surface area contributed by atoms with E-state index in [0.29, 0.717) is 12.1 Å². The Labute approximate surface area is 128 Å². The highest BCUT2D eigenvalue weighted by Crippen LogP contribution is 2.28. The Morgan fingerprint density at radius 2 is 2.18 bits per heavy atom. The summed E-state index contributed by atoms with van der Waals surface area (Å²) in [5.74, 6) is -0.910. The minimum atomic E-state index is -0.910. The number of carbonyl (C=O) groups is 1. The zero-order valence-corrected chi connectivity index (χ0v) is 12.5. The summed E-state index contributed by atoms with van der Waals surface area (Å²) >= 11 is 0. The molecule has 0 fully saturated rings. The molecular formula is C17H17N3O2. The molecule has 2 aromatic heterocycles. The molecule has 22 heavy (non-hydrogen) atoms. The largest absolute Gasteiger partial charge is 0.478 e. The first-order chi connectivity index (χ1) is 10.6. The maximum atomic E-state index is 11.4. The van der Waals surface area contributed by atoms with Gasteiger partial charge in [-0.2, -0.15) is 0 Å². The Bertz CT molecular complexity index is 838. The van der Waals surface area contributed by atoms with E-state index in [1.165, 1.54) is 0 Å². The molecule has 0 saturated carbocycles. The molecule has 0 saturated heterocycles. The van der Waals surface area contributed by atoms with Crippen molar-refractivity contribution in [1.82, 2.24) is 9.55 Å². The summed E-state index contributed by atoms with van der Waals surface area (Å²) in [4.78, 5) is 15.7. The quantitative estimate of drug-likeness (QED) is 0.775. The molecular weight excluding hydrogens is 278 g/mol. The number of aromatic nitrogens is 2. The van der Waals surface area contributed by atoms with Gasteiger partial charge in [0.1, 0.15) is 0 Å². The highest BCUT2D eigenvalue weighted by Gasteiger charge is 2.15. The summed E-state index contributed by atoms with van der Waals surface area (Å²) in [5, 5.41) is 13.4. The molecule has 1 aromatic carbocycles.